The van der Waals surface area contributed by atoms with Crippen molar-refractivity contribution in [2.45, 2.75) is 6.92 Å². The maximum atomic E-state index is 12.0. The molecule has 0 unspecified atom stereocenters. The molecular weight excluding hydrogens is 334 g/mol. The second kappa shape index (κ2) is 7.71. The summed E-state index contributed by atoms with van der Waals surface area (Å²) < 4.78 is 0. The van der Waals surface area contributed by atoms with Crippen LogP contribution in [0.1, 0.15) is 26.3 Å². The Hall–Kier alpha value is -2.44. The predicted molar refractivity (Wildman–Crippen MR) is 93.3 cm³/mol. The molecule has 0 bridgehead atoms. The summed E-state index contributed by atoms with van der Waals surface area (Å²) >= 11 is 10.9. The molecule has 0 spiro atoms. The zero-order chi connectivity index (χ0) is 16.8. The summed E-state index contributed by atoms with van der Waals surface area (Å²) in [5.74, 6) is -0.819. The van der Waals surface area contributed by atoms with Crippen LogP contribution in [-0.2, 0) is 0 Å². The predicted octanol–water partition coefficient (Wildman–Crippen LogP) is 2.60. The number of rotatable bonds is 2. The molecule has 0 saturated heterocycles. The Kier molecular flexibility index (Phi) is 5.67. The molecule has 0 aliphatic heterocycles. The minimum atomic E-state index is -0.460. The van der Waals surface area contributed by atoms with E-state index in [0.717, 1.165) is 5.56 Å². The number of benzene rings is 2. The Bertz CT molecular complexity index is 764. The fourth-order valence-electron chi connectivity index (χ4n) is 1.82. The van der Waals surface area contributed by atoms with E-state index in [2.05, 4.69) is 16.2 Å². The third-order valence-corrected chi connectivity index (χ3v) is 3.45. The van der Waals surface area contributed by atoms with Crippen molar-refractivity contribution >= 4 is 40.7 Å². The van der Waals surface area contributed by atoms with Crippen molar-refractivity contribution in [2.75, 3.05) is 0 Å². The van der Waals surface area contributed by atoms with Crippen LogP contribution in [0.25, 0.3) is 0 Å². The summed E-state index contributed by atoms with van der Waals surface area (Å²) in [7, 11) is 0. The van der Waals surface area contributed by atoms with E-state index in [1.165, 1.54) is 0 Å². The van der Waals surface area contributed by atoms with Gasteiger partial charge in [-0.2, -0.15) is 0 Å². The number of hydrazine groups is 1. The zero-order valence-electron chi connectivity index (χ0n) is 12.2. The molecule has 2 amide bonds. The maximum Gasteiger partial charge on any atom is 0.269 e. The fraction of sp³-hybridized carbons (Fsp3) is 0.0625. The van der Waals surface area contributed by atoms with E-state index in [4.69, 9.17) is 23.8 Å². The van der Waals surface area contributed by atoms with Crippen molar-refractivity contribution in [3.63, 3.8) is 0 Å². The highest BCUT2D eigenvalue weighted by Crippen LogP contribution is 2.14. The number of amides is 2. The van der Waals surface area contributed by atoms with Gasteiger partial charge in [-0.15, -0.1) is 0 Å². The molecule has 23 heavy (non-hydrogen) atoms. The average molecular weight is 348 g/mol. The van der Waals surface area contributed by atoms with Gasteiger partial charge < -0.3 is 0 Å². The van der Waals surface area contributed by atoms with Gasteiger partial charge in [-0.1, -0.05) is 41.4 Å². The number of carbonyl (C=O) groups excluding carboxylic acids is 2. The highest BCUT2D eigenvalue weighted by atomic mass is 35.5. The van der Waals surface area contributed by atoms with Crippen LogP contribution in [0.3, 0.4) is 0 Å². The van der Waals surface area contributed by atoms with Gasteiger partial charge in [0.25, 0.3) is 11.8 Å². The summed E-state index contributed by atoms with van der Waals surface area (Å²) in [5.41, 5.74) is 6.64. The molecule has 3 N–H and O–H groups in total. The standard InChI is InChI=1S/C16H14ClN3O2S/c1-10-5-4-6-11(9-10)14(21)19-20-16(23)18-15(22)12-7-2-3-8-13(12)17/h2-9H,1H3,(H,19,21)(H2,18,20,22,23). The summed E-state index contributed by atoms with van der Waals surface area (Å²) in [6, 6.07) is 13.7. The molecule has 5 nitrogen and oxygen atoms in total. The number of hydrogen-bond acceptors (Lipinski definition) is 3. The molecule has 0 fully saturated rings. The first-order valence-electron chi connectivity index (χ1n) is 6.70. The molecule has 2 aromatic rings. The van der Waals surface area contributed by atoms with Crippen molar-refractivity contribution in [1.82, 2.24) is 16.2 Å². The molecule has 0 saturated carbocycles. The lowest BCUT2D eigenvalue weighted by atomic mass is 10.1. The minimum absolute atomic E-state index is 0.0316. The Morgan fingerprint density at radius 1 is 1.00 bits per heavy atom. The number of carbonyl (C=O) groups is 2. The number of thiocarbonyl (C=S) groups is 1. The molecule has 0 aliphatic carbocycles. The summed E-state index contributed by atoms with van der Waals surface area (Å²) in [4.78, 5) is 23.9. The number of halogens is 1. The lowest BCUT2D eigenvalue weighted by molar-refractivity contribution is 0.0934. The third kappa shape index (κ3) is 4.77. The SMILES string of the molecule is Cc1cccc(C(=O)NNC(=S)NC(=O)c2ccccc2Cl)c1. The zero-order valence-corrected chi connectivity index (χ0v) is 13.8. The van der Waals surface area contributed by atoms with Crippen LogP contribution < -0.4 is 16.2 Å². The number of nitrogens with one attached hydrogen (secondary N) is 3. The Balaban J connectivity index is 1.89. The van der Waals surface area contributed by atoms with E-state index in [-0.39, 0.29) is 11.0 Å². The van der Waals surface area contributed by atoms with Gasteiger partial charge in [-0.05, 0) is 43.4 Å². The maximum absolute atomic E-state index is 12.0. The van der Waals surface area contributed by atoms with E-state index in [1.807, 2.05) is 13.0 Å². The van der Waals surface area contributed by atoms with Gasteiger partial charge in [0.05, 0.1) is 10.6 Å². The third-order valence-electron chi connectivity index (χ3n) is 2.92. The average Bonchev–Trinajstić information content (AvgIpc) is 2.53. The van der Waals surface area contributed by atoms with Gasteiger partial charge in [0.1, 0.15) is 0 Å². The smallest absolute Gasteiger partial charge is 0.269 e. The van der Waals surface area contributed by atoms with Crippen LogP contribution in [-0.4, -0.2) is 16.9 Å². The Morgan fingerprint density at radius 3 is 2.43 bits per heavy atom. The fourth-order valence-corrected chi connectivity index (χ4v) is 2.18. The molecular formula is C16H14ClN3O2S. The largest absolute Gasteiger partial charge is 0.298 e. The van der Waals surface area contributed by atoms with Crippen molar-refractivity contribution in [3.05, 3.63) is 70.2 Å². The van der Waals surface area contributed by atoms with Gasteiger partial charge >= 0.3 is 0 Å². The van der Waals surface area contributed by atoms with Crippen LogP contribution in [0, 0.1) is 6.92 Å². The Morgan fingerprint density at radius 2 is 1.74 bits per heavy atom. The van der Waals surface area contributed by atoms with Crippen LogP contribution in [0.4, 0.5) is 0 Å². The van der Waals surface area contributed by atoms with Crippen LogP contribution in [0.5, 0.6) is 0 Å². The van der Waals surface area contributed by atoms with Crippen LogP contribution >= 0.6 is 23.8 Å². The first-order valence-corrected chi connectivity index (χ1v) is 7.49. The van der Waals surface area contributed by atoms with Gasteiger partial charge in [0.2, 0.25) is 0 Å². The monoisotopic (exact) mass is 347 g/mol. The van der Waals surface area contributed by atoms with E-state index in [0.29, 0.717) is 16.1 Å². The number of hydrogen-bond donors (Lipinski definition) is 3. The lowest BCUT2D eigenvalue weighted by Gasteiger charge is -2.11. The molecule has 2 rings (SSSR count). The van der Waals surface area contributed by atoms with Gasteiger partial charge in [-0.25, -0.2) is 0 Å². The Labute approximate surface area is 144 Å². The molecule has 2 aromatic carbocycles. The summed E-state index contributed by atoms with van der Waals surface area (Å²) in [6.45, 7) is 1.89. The van der Waals surface area contributed by atoms with Crippen molar-refractivity contribution in [3.8, 4) is 0 Å². The van der Waals surface area contributed by atoms with E-state index in [1.54, 1.807) is 42.5 Å². The minimum Gasteiger partial charge on any atom is -0.298 e. The van der Waals surface area contributed by atoms with Crippen molar-refractivity contribution < 1.29 is 9.59 Å². The van der Waals surface area contributed by atoms with E-state index >= 15 is 0 Å². The highest BCUT2D eigenvalue weighted by molar-refractivity contribution is 7.80. The molecule has 7 heteroatoms. The van der Waals surface area contributed by atoms with Crippen LogP contribution in [0.15, 0.2) is 48.5 Å². The van der Waals surface area contributed by atoms with Gasteiger partial charge in [0.15, 0.2) is 5.11 Å². The molecule has 118 valence electrons. The lowest BCUT2D eigenvalue weighted by Crippen LogP contribution is -2.48. The molecule has 0 aliphatic rings. The van der Waals surface area contributed by atoms with Gasteiger partial charge in [0, 0.05) is 5.56 Å². The second-order valence-electron chi connectivity index (χ2n) is 4.71. The van der Waals surface area contributed by atoms with Crippen molar-refractivity contribution in [1.29, 1.82) is 0 Å². The van der Waals surface area contributed by atoms with E-state index < -0.39 is 5.91 Å². The molecule has 0 radical (unpaired) electrons. The summed E-state index contributed by atoms with van der Waals surface area (Å²) in [6.07, 6.45) is 0. The normalized spacial score (nSPS) is 9.83. The van der Waals surface area contributed by atoms with Crippen molar-refractivity contribution in [2.24, 2.45) is 0 Å². The quantitative estimate of drug-likeness (QED) is 0.577. The first kappa shape index (κ1) is 16.9. The molecule has 0 atom stereocenters. The molecule has 0 heterocycles. The first-order chi connectivity index (χ1) is 11.0. The van der Waals surface area contributed by atoms with Gasteiger partial charge in [-0.3, -0.25) is 25.8 Å². The second-order valence-corrected chi connectivity index (χ2v) is 5.53. The highest BCUT2D eigenvalue weighted by Gasteiger charge is 2.12. The number of aryl methyl sites for hydroxylation is 1. The molecule has 0 aromatic heterocycles. The topological polar surface area (TPSA) is 70.2 Å². The van der Waals surface area contributed by atoms with E-state index in [9.17, 15) is 9.59 Å². The summed E-state index contributed by atoms with van der Waals surface area (Å²) in [5, 5.41) is 2.72. The van der Waals surface area contributed by atoms with Crippen LogP contribution in [0.2, 0.25) is 5.02 Å².